The lowest BCUT2D eigenvalue weighted by Crippen LogP contribution is -2.28. The molecule has 0 aliphatic heterocycles. The summed E-state index contributed by atoms with van der Waals surface area (Å²) in [6.07, 6.45) is -4.46. The van der Waals surface area contributed by atoms with Gasteiger partial charge in [-0.15, -0.1) is 0 Å². The molecule has 0 aliphatic rings. The molecule has 0 aliphatic carbocycles. The minimum Gasteiger partial charge on any atom is -0.465 e. The lowest BCUT2D eigenvalue weighted by atomic mass is 10.1. The van der Waals surface area contributed by atoms with Gasteiger partial charge in [0.2, 0.25) is 10.0 Å². The molecule has 0 spiro atoms. The second-order valence-corrected chi connectivity index (χ2v) is 7.46. The molecular formula is C17H16F3NO4S. The van der Waals surface area contributed by atoms with E-state index in [4.69, 9.17) is 0 Å². The molecule has 2 aromatic rings. The van der Waals surface area contributed by atoms with Crippen molar-refractivity contribution in [1.29, 1.82) is 0 Å². The van der Waals surface area contributed by atoms with Gasteiger partial charge in [0.15, 0.2) is 0 Å². The molecule has 0 N–H and O–H groups in total. The summed E-state index contributed by atoms with van der Waals surface area (Å²) in [6.45, 7) is -0.157. The summed E-state index contributed by atoms with van der Waals surface area (Å²) in [5, 5.41) is 0. The Morgan fingerprint density at radius 2 is 1.65 bits per heavy atom. The molecule has 0 saturated heterocycles. The molecule has 0 aromatic heterocycles. The van der Waals surface area contributed by atoms with Gasteiger partial charge in [-0.1, -0.05) is 24.3 Å². The first kappa shape index (κ1) is 19.9. The number of carbonyl (C=O) groups is 1. The topological polar surface area (TPSA) is 63.7 Å². The number of hydrogen-bond acceptors (Lipinski definition) is 4. The number of sulfonamides is 1. The number of ether oxygens (including phenoxy) is 1. The van der Waals surface area contributed by atoms with Gasteiger partial charge in [-0.3, -0.25) is 0 Å². The minimum atomic E-state index is -4.46. The van der Waals surface area contributed by atoms with Crippen molar-refractivity contribution in [3.8, 4) is 0 Å². The molecule has 2 rings (SSSR count). The van der Waals surface area contributed by atoms with Crippen molar-refractivity contribution in [3.05, 3.63) is 65.2 Å². The largest absolute Gasteiger partial charge is 0.465 e. The first-order valence-electron chi connectivity index (χ1n) is 7.37. The minimum absolute atomic E-state index is 0.116. The zero-order valence-corrected chi connectivity index (χ0v) is 14.8. The fourth-order valence-corrected chi connectivity index (χ4v) is 3.61. The quantitative estimate of drug-likeness (QED) is 0.739. The molecular weight excluding hydrogens is 371 g/mol. The molecule has 0 unspecified atom stereocenters. The highest BCUT2D eigenvalue weighted by molar-refractivity contribution is 7.89. The van der Waals surface area contributed by atoms with E-state index in [1.54, 1.807) is 0 Å². The van der Waals surface area contributed by atoms with Crippen molar-refractivity contribution in [3.63, 3.8) is 0 Å². The van der Waals surface area contributed by atoms with Crippen molar-refractivity contribution in [2.75, 3.05) is 14.2 Å². The molecule has 0 atom stereocenters. The van der Waals surface area contributed by atoms with Crippen molar-refractivity contribution in [2.24, 2.45) is 0 Å². The van der Waals surface area contributed by atoms with E-state index in [1.807, 2.05) is 0 Å². The molecule has 0 bridgehead atoms. The Hall–Kier alpha value is -2.39. The van der Waals surface area contributed by atoms with Gasteiger partial charge >= 0.3 is 12.1 Å². The summed E-state index contributed by atoms with van der Waals surface area (Å²) >= 11 is 0. The number of nitrogens with zero attached hydrogens (tertiary/aromatic N) is 1. The van der Waals surface area contributed by atoms with E-state index in [0.29, 0.717) is 5.56 Å². The maximum Gasteiger partial charge on any atom is 0.416 e. The molecule has 0 saturated carbocycles. The van der Waals surface area contributed by atoms with E-state index in [1.165, 1.54) is 43.4 Å². The van der Waals surface area contributed by atoms with Gasteiger partial charge in [0.05, 0.1) is 23.1 Å². The second kappa shape index (κ2) is 7.46. The van der Waals surface area contributed by atoms with Crippen LogP contribution in [0, 0.1) is 0 Å². The van der Waals surface area contributed by atoms with Gasteiger partial charge in [0, 0.05) is 13.6 Å². The SMILES string of the molecule is COC(=O)c1ccccc1S(=O)(=O)N(C)Cc1ccc(C(F)(F)F)cc1. The van der Waals surface area contributed by atoms with Gasteiger partial charge in [-0.05, 0) is 29.8 Å². The second-order valence-electron chi connectivity index (χ2n) is 5.44. The third kappa shape index (κ3) is 4.23. The summed E-state index contributed by atoms with van der Waals surface area (Å²) in [7, 11) is -1.64. The number of alkyl halides is 3. The van der Waals surface area contributed by atoms with Gasteiger partial charge in [0.1, 0.15) is 0 Å². The zero-order chi connectivity index (χ0) is 19.5. The van der Waals surface area contributed by atoms with Crippen molar-refractivity contribution in [2.45, 2.75) is 17.6 Å². The molecule has 140 valence electrons. The van der Waals surface area contributed by atoms with Crippen LogP contribution in [0.4, 0.5) is 13.2 Å². The fraction of sp³-hybridized carbons (Fsp3) is 0.235. The smallest absolute Gasteiger partial charge is 0.416 e. The fourth-order valence-electron chi connectivity index (χ4n) is 2.28. The standard InChI is InChI=1S/C17H16F3NO4S/c1-21(11-12-7-9-13(10-8-12)17(18,19)20)26(23,24)15-6-4-3-5-14(15)16(22)25-2/h3-10H,11H2,1-2H3. The number of benzene rings is 2. The number of hydrogen-bond donors (Lipinski definition) is 0. The Kier molecular flexibility index (Phi) is 5.72. The lowest BCUT2D eigenvalue weighted by molar-refractivity contribution is -0.137. The first-order chi connectivity index (χ1) is 12.1. The average Bonchev–Trinajstić information content (AvgIpc) is 2.60. The predicted octanol–water partition coefficient (Wildman–Crippen LogP) is 3.31. The Morgan fingerprint density at radius 3 is 2.19 bits per heavy atom. The number of rotatable bonds is 5. The van der Waals surface area contributed by atoms with Gasteiger partial charge in [-0.2, -0.15) is 17.5 Å². The number of carbonyl (C=O) groups excluding carboxylic acids is 1. The van der Waals surface area contributed by atoms with E-state index >= 15 is 0 Å². The van der Waals surface area contributed by atoms with Gasteiger partial charge < -0.3 is 4.74 Å². The van der Waals surface area contributed by atoms with Crippen LogP contribution < -0.4 is 0 Å². The Balaban J connectivity index is 2.29. The van der Waals surface area contributed by atoms with Crippen molar-refractivity contribution >= 4 is 16.0 Å². The molecule has 0 radical (unpaired) electrons. The monoisotopic (exact) mass is 387 g/mol. The molecule has 5 nitrogen and oxygen atoms in total. The summed E-state index contributed by atoms with van der Waals surface area (Å²) in [4.78, 5) is 11.5. The van der Waals surface area contributed by atoms with E-state index < -0.39 is 27.7 Å². The summed E-state index contributed by atoms with van der Waals surface area (Å²) < 4.78 is 68.8. The van der Waals surface area contributed by atoms with Crippen LogP contribution >= 0.6 is 0 Å². The summed E-state index contributed by atoms with van der Waals surface area (Å²) in [5.74, 6) is -0.799. The maximum atomic E-state index is 12.7. The van der Waals surface area contributed by atoms with Crippen LogP contribution in [0.1, 0.15) is 21.5 Å². The van der Waals surface area contributed by atoms with Crippen LogP contribution in [0.5, 0.6) is 0 Å². The van der Waals surface area contributed by atoms with E-state index in [0.717, 1.165) is 23.5 Å². The highest BCUT2D eigenvalue weighted by Crippen LogP contribution is 2.29. The van der Waals surface area contributed by atoms with Crippen LogP contribution in [0.2, 0.25) is 0 Å². The normalized spacial score (nSPS) is 12.2. The highest BCUT2D eigenvalue weighted by Gasteiger charge is 2.30. The number of esters is 1. The number of halogens is 3. The Bertz CT molecular complexity index is 893. The van der Waals surface area contributed by atoms with Gasteiger partial charge in [0.25, 0.3) is 0 Å². The zero-order valence-electron chi connectivity index (χ0n) is 13.9. The molecule has 0 amide bonds. The van der Waals surface area contributed by atoms with Crippen LogP contribution in [0.15, 0.2) is 53.4 Å². The first-order valence-corrected chi connectivity index (χ1v) is 8.81. The van der Waals surface area contributed by atoms with Crippen molar-refractivity contribution in [1.82, 2.24) is 4.31 Å². The van der Waals surface area contributed by atoms with Crippen LogP contribution in [0.25, 0.3) is 0 Å². The Labute approximate surface area is 149 Å². The maximum absolute atomic E-state index is 12.7. The molecule has 9 heteroatoms. The molecule has 26 heavy (non-hydrogen) atoms. The predicted molar refractivity (Wildman–Crippen MR) is 87.9 cm³/mol. The van der Waals surface area contributed by atoms with Crippen molar-refractivity contribution < 1.29 is 31.1 Å². The average molecular weight is 387 g/mol. The lowest BCUT2D eigenvalue weighted by Gasteiger charge is -2.19. The number of methoxy groups -OCH3 is 1. The van der Waals surface area contributed by atoms with Crippen LogP contribution in [0.3, 0.4) is 0 Å². The highest BCUT2D eigenvalue weighted by atomic mass is 32.2. The Morgan fingerprint density at radius 1 is 1.08 bits per heavy atom. The third-order valence-electron chi connectivity index (χ3n) is 3.67. The van der Waals surface area contributed by atoms with Crippen LogP contribution in [-0.4, -0.2) is 32.8 Å². The van der Waals surface area contributed by atoms with E-state index in [-0.39, 0.29) is 17.0 Å². The summed E-state index contributed by atoms with van der Waals surface area (Å²) in [5.41, 5.74) is -0.559. The molecule has 0 heterocycles. The van der Waals surface area contributed by atoms with E-state index in [9.17, 15) is 26.4 Å². The molecule has 2 aromatic carbocycles. The third-order valence-corrected chi connectivity index (χ3v) is 5.53. The van der Waals surface area contributed by atoms with Crippen LogP contribution in [-0.2, 0) is 27.5 Å². The summed E-state index contributed by atoms with van der Waals surface area (Å²) in [6, 6.07) is 9.75. The van der Waals surface area contributed by atoms with E-state index in [2.05, 4.69) is 4.74 Å². The molecule has 0 fully saturated rings. The van der Waals surface area contributed by atoms with Gasteiger partial charge in [-0.25, -0.2) is 13.2 Å².